The number of halogens is 1. The van der Waals surface area contributed by atoms with Crippen molar-refractivity contribution in [2.24, 2.45) is 0 Å². The molecular formula is C27H38ClN3O5S. The van der Waals surface area contributed by atoms with Crippen LogP contribution in [0.25, 0.3) is 0 Å². The third-order valence-corrected chi connectivity index (χ3v) is 7.65. The summed E-state index contributed by atoms with van der Waals surface area (Å²) in [7, 11) is -2.15. The van der Waals surface area contributed by atoms with E-state index in [0.29, 0.717) is 17.9 Å². The molecule has 0 fully saturated rings. The first kappa shape index (κ1) is 30.4. The molecule has 2 atom stereocenters. The van der Waals surface area contributed by atoms with Crippen LogP contribution < -0.4 is 14.4 Å². The molecule has 10 heteroatoms. The van der Waals surface area contributed by atoms with Crippen LogP contribution in [0.1, 0.15) is 52.0 Å². The number of nitrogens with zero attached hydrogens (tertiary/aromatic N) is 2. The summed E-state index contributed by atoms with van der Waals surface area (Å²) in [4.78, 5) is 28.1. The Morgan fingerprint density at radius 2 is 1.76 bits per heavy atom. The summed E-state index contributed by atoms with van der Waals surface area (Å²) in [5.74, 6) is 0.0369. The van der Waals surface area contributed by atoms with Crippen LogP contribution >= 0.6 is 11.6 Å². The van der Waals surface area contributed by atoms with Crippen LogP contribution in [-0.2, 0) is 26.2 Å². The lowest BCUT2D eigenvalue weighted by Gasteiger charge is -2.32. The minimum absolute atomic E-state index is 0.00475. The average molecular weight is 552 g/mol. The highest BCUT2D eigenvalue weighted by atomic mass is 35.5. The second-order valence-electron chi connectivity index (χ2n) is 9.01. The Hall–Kier alpha value is -2.78. The van der Waals surface area contributed by atoms with Gasteiger partial charge in [0.2, 0.25) is 21.8 Å². The molecule has 0 aromatic heterocycles. The van der Waals surface area contributed by atoms with Crippen molar-refractivity contribution in [1.29, 1.82) is 0 Å². The van der Waals surface area contributed by atoms with E-state index in [-0.39, 0.29) is 48.8 Å². The Morgan fingerprint density at radius 3 is 2.30 bits per heavy atom. The SMILES string of the molecule is CCC(C)NC(=O)C(CC)N(Cc1ccccc1)C(=O)CCCN(c1ccc(OC)c(Cl)c1)S(C)(=O)=O. The summed E-state index contributed by atoms with van der Waals surface area (Å²) >= 11 is 6.21. The zero-order valence-corrected chi connectivity index (χ0v) is 23.8. The Kier molecular flexibility index (Phi) is 11.7. The highest BCUT2D eigenvalue weighted by molar-refractivity contribution is 7.92. The van der Waals surface area contributed by atoms with Crippen molar-refractivity contribution in [2.75, 3.05) is 24.2 Å². The number of carbonyl (C=O) groups excluding carboxylic acids is 2. The zero-order chi connectivity index (χ0) is 27.6. The normalized spacial score (nSPS) is 12.9. The van der Waals surface area contributed by atoms with E-state index < -0.39 is 16.1 Å². The van der Waals surface area contributed by atoms with Crippen molar-refractivity contribution in [2.45, 2.75) is 65.1 Å². The van der Waals surface area contributed by atoms with Gasteiger partial charge >= 0.3 is 0 Å². The summed E-state index contributed by atoms with van der Waals surface area (Å²) in [6, 6.07) is 13.6. The monoisotopic (exact) mass is 551 g/mol. The predicted octanol–water partition coefficient (Wildman–Crippen LogP) is 4.62. The summed E-state index contributed by atoms with van der Waals surface area (Å²) in [5.41, 5.74) is 1.30. The van der Waals surface area contributed by atoms with Crippen LogP contribution in [0.5, 0.6) is 5.75 Å². The molecule has 204 valence electrons. The highest BCUT2D eigenvalue weighted by Crippen LogP contribution is 2.30. The molecule has 0 saturated carbocycles. The quantitative estimate of drug-likeness (QED) is 0.370. The standard InChI is InChI=1S/C27H38ClN3O5S/c1-6-20(3)29-27(33)24(7-2)30(19-21-12-9-8-10-13-21)26(32)14-11-17-31(37(5,34)35)22-15-16-25(36-4)23(28)18-22/h8-10,12-13,15-16,18,20,24H,6-7,11,14,17,19H2,1-5H3,(H,29,33). The molecule has 0 spiro atoms. The lowest BCUT2D eigenvalue weighted by molar-refractivity contribution is -0.141. The molecule has 0 saturated heterocycles. The fraction of sp³-hybridized carbons (Fsp3) is 0.481. The number of anilines is 1. The van der Waals surface area contributed by atoms with Gasteiger partial charge in [-0.15, -0.1) is 0 Å². The molecule has 8 nitrogen and oxygen atoms in total. The Labute approximate surface area is 226 Å². The summed E-state index contributed by atoms with van der Waals surface area (Å²) in [5, 5.41) is 3.28. The van der Waals surface area contributed by atoms with Crippen molar-refractivity contribution >= 4 is 39.1 Å². The largest absolute Gasteiger partial charge is 0.495 e. The second kappa shape index (κ2) is 14.2. The molecule has 2 aromatic rings. The maximum Gasteiger partial charge on any atom is 0.243 e. The third-order valence-electron chi connectivity index (χ3n) is 6.16. The Balaban J connectivity index is 2.21. The van der Waals surface area contributed by atoms with Gasteiger partial charge in [0, 0.05) is 25.6 Å². The van der Waals surface area contributed by atoms with Gasteiger partial charge in [0.15, 0.2) is 0 Å². The van der Waals surface area contributed by atoms with Gasteiger partial charge in [-0.1, -0.05) is 55.8 Å². The summed E-state index contributed by atoms with van der Waals surface area (Å²) in [6.07, 6.45) is 2.70. The number of ether oxygens (including phenoxy) is 1. The molecule has 0 bridgehead atoms. The predicted molar refractivity (Wildman–Crippen MR) is 148 cm³/mol. The van der Waals surface area contributed by atoms with Crippen molar-refractivity contribution in [1.82, 2.24) is 10.2 Å². The van der Waals surface area contributed by atoms with E-state index in [1.54, 1.807) is 17.0 Å². The smallest absolute Gasteiger partial charge is 0.243 e. The average Bonchev–Trinajstić information content (AvgIpc) is 2.86. The third kappa shape index (κ3) is 8.93. The fourth-order valence-electron chi connectivity index (χ4n) is 3.96. The second-order valence-corrected chi connectivity index (χ2v) is 11.3. The number of rotatable bonds is 14. The topological polar surface area (TPSA) is 96.0 Å². The minimum atomic E-state index is -3.63. The Bertz CT molecular complexity index is 1140. The van der Waals surface area contributed by atoms with E-state index >= 15 is 0 Å². The first-order chi connectivity index (χ1) is 17.5. The number of hydrogen-bond donors (Lipinski definition) is 1. The number of methoxy groups -OCH3 is 1. The van der Waals surface area contributed by atoms with E-state index in [2.05, 4.69) is 5.32 Å². The maximum absolute atomic E-state index is 13.5. The highest BCUT2D eigenvalue weighted by Gasteiger charge is 2.29. The van der Waals surface area contributed by atoms with Gasteiger partial charge in [0.25, 0.3) is 0 Å². The van der Waals surface area contributed by atoms with Gasteiger partial charge in [-0.2, -0.15) is 0 Å². The van der Waals surface area contributed by atoms with Crippen LogP contribution in [0.15, 0.2) is 48.5 Å². The number of amides is 2. The molecule has 37 heavy (non-hydrogen) atoms. The van der Waals surface area contributed by atoms with Gasteiger partial charge in [-0.05, 0) is 49.9 Å². The first-order valence-electron chi connectivity index (χ1n) is 12.5. The molecule has 2 rings (SSSR count). The van der Waals surface area contributed by atoms with Crippen molar-refractivity contribution in [3.05, 3.63) is 59.1 Å². The maximum atomic E-state index is 13.5. The lowest BCUT2D eigenvalue weighted by atomic mass is 10.1. The fourth-order valence-corrected chi connectivity index (χ4v) is 5.16. The van der Waals surface area contributed by atoms with E-state index in [1.165, 1.54) is 17.5 Å². The van der Waals surface area contributed by atoms with Gasteiger partial charge < -0.3 is 15.0 Å². The molecule has 2 amide bonds. The molecule has 0 aliphatic rings. The number of sulfonamides is 1. The van der Waals surface area contributed by atoms with Crippen LogP contribution in [0.4, 0.5) is 5.69 Å². The number of carbonyl (C=O) groups is 2. The van der Waals surface area contributed by atoms with Crippen LogP contribution in [-0.4, -0.2) is 57.1 Å². The van der Waals surface area contributed by atoms with Crippen molar-refractivity contribution < 1.29 is 22.7 Å². The molecule has 0 heterocycles. The first-order valence-corrected chi connectivity index (χ1v) is 14.7. The summed E-state index contributed by atoms with van der Waals surface area (Å²) < 4.78 is 31.4. The van der Waals surface area contributed by atoms with E-state index in [0.717, 1.165) is 18.2 Å². The zero-order valence-electron chi connectivity index (χ0n) is 22.2. The van der Waals surface area contributed by atoms with Gasteiger partial charge in [0.05, 0.1) is 24.1 Å². The van der Waals surface area contributed by atoms with Crippen LogP contribution in [0, 0.1) is 0 Å². The molecular weight excluding hydrogens is 514 g/mol. The van der Waals surface area contributed by atoms with Gasteiger partial charge in [-0.25, -0.2) is 8.42 Å². The van der Waals surface area contributed by atoms with Crippen LogP contribution in [0.2, 0.25) is 5.02 Å². The van der Waals surface area contributed by atoms with Crippen molar-refractivity contribution in [3.63, 3.8) is 0 Å². The van der Waals surface area contributed by atoms with Gasteiger partial charge in [-0.3, -0.25) is 13.9 Å². The molecule has 2 aromatic carbocycles. The van der Waals surface area contributed by atoms with Crippen molar-refractivity contribution in [3.8, 4) is 5.75 Å². The van der Waals surface area contributed by atoms with E-state index in [9.17, 15) is 18.0 Å². The molecule has 1 N–H and O–H groups in total. The number of nitrogens with one attached hydrogen (secondary N) is 1. The Morgan fingerprint density at radius 1 is 1.08 bits per heavy atom. The van der Waals surface area contributed by atoms with E-state index in [1.807, 2.05) is 51.1 Å². The van der Waals surface area contributed by atoms with E-state index in [4.69, 9.17) is 16.3 Å². The minimum Gasteiger partial charge on any atom is -0.495 e. The van der Waals surface area contributed by atoms with Gasteiger partial charge in [0.1, 0.15) is 11.8 Å². The van der Waals surface area contributed by atoms with Crippen LogP contribution in [0.3, 0.4) is 0 Å². The molecule has 0 aliphatic heterocycles. The number of benzene rings is 2. The summed E-state index contributed by atoms with van der Waals surface area (Å²) in [6.45, 7) is 6.17. The molecule has 0 aliphatic carbocycles. The lowest BCUT2D eigenvalue weighted by Crippen LogP contribution is -2.50. The molecule has 0 radical (unpaired) electrons. The number of hydrogen-bond acceptors (Lipinski definition) is 5. The molecule has 2 unspecified atom stereocenters.